The van der Waals surface area contributed by atoms with Crippen molar-refractivity contribution < 1.29 is 0 Å². The minimum Gasteiger partial charge on any atom is -0.368 e. The predicted molar refractivity (Wildman–Crippen MR) is 82.0 cm³/mol. The van der Waals surface area contributed by atoms with Crippen molar-refractivity contribution in [2.45, 2.75) is 47.0 Å². The second-order valence-electron chi connectivity index (χ2n) is 6.86. The standard InChI is InChI=1S/C15H25N5/c1-10(2)11(3)9-16-12-7-8-13-17-18-14(15(4,5)6)20(13)19-12/h7-8,10-11H,9H2,1-6H3,(H,16,19). The molecule has 0 fully saturated rings. The zero-order valence-electron chi connectivity index (χ0n) is 13.3. The molecule has 0 aliphatic rings. The molecule has 0 aromatic carbocycles. The second kappa shape index (κ2) is 5.38. The second-order valence-corrected chi connectivity index (χ2v) is 6.86. The average Bonchev–Trinajstić information content (AvgIpc) is 2.78. The Kier molecular flexibility index (Phi) is 3.97. The Balaban J connectivity index is 2.24. The lowest BCUT2D eigenvalue weighted by molar-refractivity contribution is 0.439. The van der Waals surface area contributed by atoms with E-state index in [1.807, 2.05) is 16.6 Å². The topological polar surface area (TPSA) is 55.1 Å². The number of fused-ring (bicyclic) bond motifs is 1. The summed E-state index contributed by atoms with van der Waals surface area (Å²) in [7, 11) is 0. The molecule has 5 nitrogen and oxygen atoms in total. The van der Waals surface area contributed by atoms with E-state index < -0.39 is 0 Å². The van der Waals surface area contributed by atoms with Crippen molar-refractivity contribution in [2.24, 2.45) is 11.8 Å². The average molecular weight is 275 g/mol. The highest BCUT2D eigenvalue weighted by atomic mass is 15.4. The van der Waals surface area contributed by atoms with Gasteiger partial charge in [0.2, 0.25) is 0 Å². The van der Waals surface area contributed by atoms with E-state index in [-0.39, 0.29) is 5.41 Å². The van der Waals surface area contributed by atoms with Crippen molar-refractivity contribution >= 4 is 11.5 Å². The summed E-state index contributed by atoms with van der Waals surface area (Å²) in [6.45, 7) is 14.0. The monoisotopic (exact) mass is 275 g/mol. The van der Waals surface area contributed by atoms with Crippen molar-refractivity contribution in [2.75, 3.05) is 11.9 Å². The Bertz CT molecular complexity index is 579. The van der Waals surface area contributed by atoms with Gasteiger partial charge in [-0.3, -0.25) is 0 Å². The summed E-state index contributed by atoms with van der Waals surface area (Å²) >= 11 is 0. The zero-order valence-corrected chi connectivity index (χ0v) is 13.3. The summed E-state index contributed by atoms with van der Waals surface area (Å²) in [4.78, 5) is 0. The maximum Gasteiger partial charge on any atom is 0.178 e. The summed E-state index contributed by atoms with van der Waals surface area (Å²) in [5, 5.41) is 16.4. The third kappa shape index (κ3) is 3.08. The Morgan fingerprint density at radius 1 is 1.15 bits per heavy atom. The maximum atomic E-state index is 4.61. The van der Waals surface area contributed by atoms with Crippen LogP contribution in [-0.2, 0) is 5.41 Å². The van der Waals surface area contributed by atoms with E-state index in [0.29, 0.717) is 11.8 Å². The number of nitrogens with one attached hydrogen (secondary N) is 1. The minimum absolute atomic E-state index is 0.0732. The summed E-state index contributed by atoms with van der Waals surface area (Å²) in [5.74, 6) is 3.02. The van der Waals surface area contributed by atoms with Gasteiger partial charge in [-0.25, -0.2) is 0 Å². The summed E-state index contributed by atoms with van der Waals surface area (Å²) < 4.78 is 1.84. The highest BCUT2D eigenvalue weighted by molar-refractivity contribution is 5.44. The van der Waals surface area contributed by atoms with Gasteiger partial charge in [0.1, 0.15) is 5.82 Å². The SMILES string of the molecule is CC(C)C(C)CNc1ccc2nnc(C(C)(C)C)n2n1. The molecule has 0 amide bonds. The largest absolute Gasteiger partial charge is 0.368 e. The Morgan fingerprint density at radius 2 is 1.85 bits per heavy atom. The van der Waals surface area contributed by atoms with Crippen LogP contribution in [0.15, 0.2) is 12.1 Å². The summed E-state index contributed by atoms with van der Waals surface area (Å²) in [6.07, 6.45) is 0. The molecular weight excluding hydrogens is 250 g/mol. The maximum absolute atomic E-state index is 4.61. The van der Waals surface area contributed by atoms with Gasteiger partial charge in [-0.05, 0) is 24.0 Å². The fourth-order valence-electron chi connectivity index (χ4n) is 1.85. The van der Waals surface area contributed by atoms with E-state index >= 15 is 0 Å². The minimum atomic E-state index is -0.0732. The quantitative estimate of drug-likeness (QED) is 0.931. The van der Waals surface area contributed by atoms with Crippen molar-refractivity contribution in [1.82, 2.24) is 19.8 Å². The van der Waals surface area contributed by atoms with Crippen LogP contribution in [0.3, 0.4) is 0 Å². The van der Waals surface area contributed by atoms with Gasteiger partial charge in [0.05, 0.1) is 0 Å². The third-order valence-electron chi connectivity index (χ3n) is 3.68. The fraction of sp³-hybridized carbons (Fsp3) is 0.667. The third-order valence-corrected chi connectivity index (χ3v) is 3.68. The van der Waals surface area contributed by atoms with Crippen molar-refractivity contribution in [3.8, 4) is 0 Å². The molecule has 1 atom stereocenters. The van der Waals surface area contributed by atoms with Crippen molar-refractivity contribution in [3.05, 3.63) is 18.0 Å². The van der Waals surface area contributed by atoms with E-state index in [0.717, 1.165) is 23.8 Å². The molecule has 2 aromatic heterocycles. The first kappa shape index (κ1) is 14.8. The fourth-order valence-corrected chi connectivity index (χ4v) is 1.85. The molecule has 1 N–H and O–H groups in total. The molecule has 20 heavy (non-hydrogen) atoms. The molecule has 0 aliphatic heterocycles. The number of rotatable bonds is 4. The molecule has 0 radical (unpaired) electrons. The summed E-state index contributed by atoms with van der Waals surface area (Å²) in [5.41, 5.74) is 0.716. The van der Waals surface area contributed by atoms with Crippen LogP contribution in [0, 0.1) is 11.8 Å². The molecule has 2 heterocycles. The molecule has 2 rings (SSSR count). The van der Waals surface area contributed by atoms with Gasteiger partial charge in [-0.2, -0.15) is 4.52 Å². The van der Waals surface area contributed by atoms with Crippen LogP contribution in [-0.4, -0.2) is 26.4 Å². The number of hydrogen-bond donors (Lipinski definition) is 1. The van der Waals surface area contributed by atoms with Crippen LogP contribution in [0.25, 0.3) is 5.65 Å². The molecule has 1 unspecified atom stereocenters. The van der Waals surface area contributed by atoms with Crippen LogP contribution in [0.1, 0.15) is 47.4 Å². The van der Waals surface area contributed by atoms with E-state index in [9.17, 15) is 0 Å². The smallest absolute Gasteiger partial charge is 0.178 e. The van der Waals surface area contributed by atoms with E-state index in [1.165, 1.54) is 0 Å². The Morgan fingerprint density at radius 3 is 2.45 bits per heavy atom. The first-order valence-corrected chi connectivity index (χ1v) is 7.26. The highest BCUT2D eigenvalue weighted by Gasteiger charge is 2.21. The van der Waals surface area contributed by atoms with E-state index in [2.05, 4.69) is 62.2 Å². The van der Waals surface area contributed by atoms with Crippen molar-refractivity contribution in [3.63, 3.8) is 0 Å². The number of aromatic nitrogens is 4. The predicted octanol–water partition coefficient (Wildman–Crippen LogP) is 3.13. The number of anilines is 1. The lowest BCUT2D eigenvalue weighted by atomic mass is 9.96. The first-order valence-electron chi connectivity index (χ1n) is 7.26. The zero-order chi connectivity index (χ0) is 14.9. The van der Waals surface area contributed by atoms with Gasteiger partial charge in [0.15, 0.2) is 11.5 Å². The lowest BCUT2D eigenvalue weighted by Crippen LogP contribution is -2.19. The van der Waals surface area contributed by atoms with Crippen LogP contribution in [0.5, 0.6) is 0 Å². The molecule has 0 spiro atoms. The molecule has 5 heteroatoms. The highest BCUT2D eigenvalue weighted by Crippen LogP contribution is 2.20. The van der Waals surface area contributed by atoms with Gasteiger partial charge in [-0.1, -0.05) is 41.5 Å². The molecule has 0 bridgehead atoms. The Labute approximate surface area is 120 Å². The van der Waals surface area contributed by atoms with E-state index in [4.69, 9.17) is 0 Å². The molecule has 0 saturated heterocycles. The van der Waals surface area contributed by atoms with Crippen LogP contribution in [0.4, 0.5) is 5.82 Å². The van der Waals surface area contributed by atoms with Gasteiger partial charge in [0, 0.05) is 12.0 Å². The van der Waals surface area contributed by atoms with Gasteiger partial charge < -0.3 is 5.32 Å². The van der Waals surface area contributed by atoms with Crippen molar-refractivity contribution in [1.29, 1.82) is 0 Å². The van der Waals surface area contributed by atoms with Gasteiger partial charge >= 0.3 is 0 Å². The van der Waals surface area contributed by atoms with E-state index in [1.54, 1.807) is 0 Å². The molecule has 110 valence electrons. The van der Waals surface area contributed by atoms with Crippen LogP contribution < -0.4 is 5.32 Å². The molecule has 2 aromatic rings. The van der Waals surface area contributed by atoms with Gasteiger partial charge in [0.25, 0.3) is 0 Å². The van der Waals surface area contributed by atoms with Crippen LogP contribution >= 0.6 is 0 Å². The lowest BCUT2D eigenvalue weighted by Gasteiger charge is -2.17. The molecule has 0 aliphatic carbocycles. The molecular formula is C15H25N5. The number of nitrogens with zero attached hydrogens (tertiary/aromatic N) is 4. The molecule has 0 saturated carbocycles. The first-order chi connectivity index (χ1) is 9.29. The van der Waals surface area contributed by atoms with Gasteiger partial charge in [-0.15, -0.1) is 15.3 Å². The summed E-state index contributed by atoms with van der Waals surface area (Å²) in [6, 6.07) is 3.92. The normalized spacial score (nSPS) is 13.9. The van der Waals surface area contributed by atoms with Crippen LogP contribution in [0.2, 0.25) is 0 Å². The Hall–Kier alpha value is -1.65. The number of hydrogen-bond acceptors (Lipinski definition) is 4.